The first-order valence-corrected chi connectivity index (χ1v) is 4.81. The maximum Gasteiger partial charge on any atom is 0.320 e. The number of nitro groups is 1. The van der Waals surface area contributed by atoms with Gasteiger partial charge in [-0.25, -0.2) is 0 Å². The molecule has 0 saturated carbocycles. The summed E-state index contributed by atoms with van der Waals surface area (Å²) in [4.78, 5) is 21.0. The van der Waals surface area contributed by atoms with Crippen molar-refractivity contribution in [3.63, 3.8) is 0 Å². The van der Waals surface area contributed by atoms with Crippen molar-refractivity contribution in [2.75, 3.05) is 13.1 Å². The smallest absolute Gasteiger partial charge is 0.320 e. The zero-order chi connectivity index (χ0) is 11.5. The Balaban J connectivity index is 2.14. The number of nitrogens with zero attached hydrogens (tertiary/aromatic N) is 1. The summed E-state index contributed by atoms with van der Waals surface area (Å²) in [6.45, 7) is 0.743. The van der Waals surface area contributed by atoms with Gasteiger partial charge in [-0.05, 0) is 17.7 Å². The largest absolute Gasteiger partial charge is 0.455 e. The maximum atomic E-state index is 11.0. The molecule has 0 aromatic heterocycles. The minimum absolute atomic E-state index is 0.0267. The van der Waals surface area contributed by atoms with Crippen molar-refractivity contribution < 1.29 is 14.5 Å². The van der Waals surface area contributed by atoms with Crippen molar-refractivity contribution in [1.29, 1.82) is 0 Å². The van der Waals surface area contributed by atoms with Crippen LogP contribution in [0.4, 0.5) is 5.69 Å². The fourth-order valence-corrected chi connectivity index (χ4v) is 1.54. The molecule has 1 saturated heterocycles. The van der Waals surface area contributed by atoms with Crippen LogP contribution < -0.4 is 5.32 Å². The van der Waals surface area contributed by atoms with Crippen molar-refractivity contribution in [1.82, 2.24) is 5.32 Å². The van der Waals surface area contributed by atoms with Crippen molar-refractivity contribution in [2.45, 2.75) is 6.10 Å². The van der Waals surface area contributed by atoms with Crippen molar-refractivity contribution in [3.05, 3.63) is 39.9 Å². The molecule has 6 nitrogen and oxygen atoms in total. The molecule has 0 amide bonds. The Morgan fingerprint density at radius 2 is 2.06 bits per heavy atom. The van der Waals surface area contributed by atoms with Gasteiger partial charge in [0.05, 0.1) is 11.5 Å². The first-order valence-electron chi connectivity index (χ1n) is 4.81. The molecule has 16 heavy (non-hydrogen) atoms. The maximum absolute atomic E-state index is 11.0. The van der Waals surface area contributed by atoms with E-state index in [4.69, 9.17) is 4.74 Å². The van der Waals surface area contributed by atoms with E-state index < -0.39 is 4.92 Å². The summed E-state index contributed by atoms with van der Waals surface area (Å²) in [6, 6.07) is 6.00. The third kappa shape index (κ3) is 2.17. The second-order valence-electron chi connectivity index (χ2n) is 3.46. The van der Waals surface area contributed by atoms with Crippen LogP contribution in [0.3, 0.4) is 0 Å². The average molecular weight is 222 g/mol. The van der Waals surface area contributed by atoms with Crippen LogP contribution in [0.25, 0.3) is 0 Å². The quantitative estimate of drug-likeness (QED) is 0.454. The molecule has 1 aromatic carbocycles. The van der Waals surface area contributed by atoms with Crippen molar-refractivity contribution >= 4 is 11.7 Å². The molecule has 1 unspecified atom stereocenters. The van der Waals surface area contributed by atoms with Crippen LogP contribution in [-0.4, -0.2) is 24.0 Å². The van der Waals surface area contributed by atoms with E-state index in [-0.39, 0.29) is 24.3 Å². The van der Waals surface area contributed by atoms with Crippen LogP contribution >= 0.6 is 0 Å². The Kier molecular flexibility index (Phi) is 2.82. The zero-order valence-electron chi connectivity index (χ0n) is 8.38. The molecule has 1 fully saturated rings. The monoisotopic (exact) mass is 222 g/mol. The molecule has 0 radical (unpaired) electrons. The number of esters is 1. The number of carbonyl (C=O) groups is 1. The normalized spacial score (nSPS) is 20.2. The van der Waals surface area contributed by atoms with Crippen LogP contribution in [0, 0.1) is 10.1 Å². The molecular formula is C10H10N2O4. The lowest BCUT2D eigenvalue weighted by Crippen LogP contribution is -2.37. The van der Waals surface area contributed by atoms with Gasteiger partial charge in [-0.2, -0.15) is 0 Å². The summed E-state index contributed by atoms with van der Waals surface area (Å²) in [5.41, 5.74) is 0.782. The Labute approximate surface area is 91.4 Å². The lowest BCUT2D eigenvalue weighted by molar-refractivity contribution is -0.384. The van der Waals surface area contributed by atoms with E-state index in [2.05, 4.69) is 5.32 Å². The first kappa shape index (κ1) is 10.6. The Bertz CT molecular complexity index is 415. The summed E-state index contributed by atoms with van der Waals surface area (Å²) in [5.74, 6) is -0.311. The van der Waals surface area contributed by atoms with E-state index in [0.717, 1.165) is 5.56 Å². The number of morpholine rings is 1. The predicted octanol–water partition coefficient (Wildman–Crippen LogP) is 0.782. The molecule has 0 spiro atoms. The lowest BCUT2D eigenvalue weighted by atomic mass is 10.1. The van der Waals surface area contributed by atoms with Crippen LogP contribution in [0.5, 0.6) is 0 Å². The van der Waals surface area contributed by atoms with Gasteiger partial charge in [0, 0.05) is 18.7 Å². The topological polar surface area (TPSA) is 81.5 Å². The summed E-state index contributed by atoms with van der Waals surface area (Å²) in [6.07, 6.45) is -0.359. The van der Waals surface area contributed by atoms with Crippen molar-refractivity contribution in [2.24, 2.45) is 0 Å². The Hall–Kier alpha value is -1.95. The first-order chi connectivity index (χ1) is 7.66. The third-order valence-corrected chi connectivity index (χ3v) is 2.35. The number of carbonyl (C=O) groups excluding carboxylic acids is 1. The van der Waals surface area contributed by atoms with Crippen LogP contribution in [0.2, 0.25) is 0 Å². The number of nitrogens with one attached hydrogen (secondary N) is 1. The van der Waals surface area contributed by atoms with Crippen molar-refractivity contribution in [3.8, 4) is 0 Å². The molecular weight excluding hydrogens is 212 g/mol. The number of benzene rings is 1. The van der Waals surface area contributed by atoms with Gasteiger partial charge in [0.1, 0.15) is 6.10 Å². The third-order valence-electron chi connectivity index (χ3n) is 2.35. The zero-order valence-corrected chi connectivity index (χ0v) is 8.38. The summed E-state index contributed by atoms with van der Waals surface area (Å²) in [7, 11) is 0. The van der Waals surface area contributed by atoms with E-state index >= 15 is 0 Å². The van der Waals surface area contributed by atoms with Gasteiger partial charge in [-0.3, -0.25) is 14.9 Å². The molecule has 6 heteroatoms. The molecule has 1 heterocycles. The number of ether oxygens (including phenoxy) is 1. The fraction of sp³-hybridized carbons (Fsp3) is 0.300. The summed E-state index contributed by atoms with van der Waals surface area (Å²) in [5, 5.41) is 13.4. The van der Waals surface area contributed by atoms with Crippen LogP contribution in [-0.2, 0) is 9.53 Å². The second kappa shape index (κ2) is 4.28. The molecule has 1 aromatic rings. The highest BCUT2D eigenvalue weighted by molar-refractivity contribution is 5.72. The molecule has 0 bridgehead atoms. The number of non-ortho nitro benzene ring substituents is 1. The number of nitro benzene ring substituents is 1. The number of cyclic esters (lactones) is 1. The van der Waals surface area contributed by atoms with Crippen LogP contribution in [0.1, 0.15) is 11.7 Å². The number of hydrogen-bond donors (Lipinski definition) is 1. The van der Waals surface area contributed by atoms with Gasteiger partial charge < -0.3 is 10.1 Å². The van der Waals surface area contributed by atoms with Gasteiger partial charge >= 0.3 is 5.97 Å². The van der Waals surface area contributed by atoms with E-state index in [0.29, 0.717) is 6.54 Å². The standard InChI is InChI=1S/C10H10N2O4/c13-10-6-11-5-9(16-10)7-1-3-8(4-2-7)12(14)15/h1-4,9,11H,5-6H2. The average Bonchev–Trinajstić information content (AvgIpc) is 2.29. The molecule has 1 N–H and O–H groups in total. The second-order valence-corrected chi connectivity index (χ2v) is 3.46. The molecule has 1 atom stereocenters. The van der Waals surface area contributed by atoms with E-state index in [1.54, 1.807) is 12.1 Å². The lowest BCUT2D eigenvalue weighted by Gasteiger charge is -2.23. The minimum atomic E-state index is -0.463. The molecule has 2 rings (SSSR count). The Morgan fingerprint density at radius 3 is 2.62 bits per heavy atom. The SMILES string of the molecule is O=C1CNCC(c2ccc([N+](=O)[O-])cc2)O1. The Morgan fingerprint density at radius 1 is 1.38 bits per heavy atom. The van der Waals surface area contributed by atoms with Gasteiger partial charge in [0.25, 0.3) is 5.69 Å². The van der Waals surface area contributed by atoms with E-state index in [1.165, 1.54) is 12.1 Å². The van der Waals surface area contributed by atoms with Gasteiger partial charge in [0.2, 0.25) is 0 Å². The summed E-state index contributed by atoms with van der Waals surface area (Å²) < 4.78 is 5.10. The highest BCUT2D eigenvalue weighted by Crippen LogP contribution is 2.21. The fourth-order valence-electron chi connectivity index (χ4n) is 1.54. The summed E-state index contributed by atoms with van der Waals surface area (Å²) >= 11 is 0. The van der Waals surface area contributed by atoms with E-state index in [1.807, 2.05) is 0 Å². The molecule has 1 aliphatic rings. The minimum Gasteiger partial charge on any atom is -0.455 e. The van der Waals surface area contributed by atoms with E-state index in [9.17, 15) is 14.9 Å². The highest BCUT2D eigenvalue weighted by atomic mass is 16.6. The predicted molar refractivity (Wildman–Crippen MR) is 54.8 cm³/mol. The van der Waals surface area contributed by atoms with Gasteiger partial charge in [0.15, 0.2) is 0 Å². The van der Waals surface area contributed by atoms with Gasteiger partial charge in [-0.1, -0.05) is 0 Å². The van der Waals surface area contributed by atoms with Crippen LogP contribution in [0.15, 0.2) is 24.3 Å². The molecule has 84 valence electrons. The number of rotatable bonds is 2. The molecule has 0 aliphatic carbocycles. The number of hydrogen-bond acceptors (Lipinski definition) is 5. The van der Waals surface area contributed by atoms with Gasteiger partial charge in [-0.15, -0.1) is 0 Å². The highest BCUT2D eigenvalue weighted by Gasteiger charge is 2.21. The molecule has 1 aliphatic heterocycles.